The standard InChI is InChI=1S/C35H57N7O7S2/c1-18-31(50-19(2)37-18)51(48,49)41(11)17-23(33(3,4)5)39-32(47)40-27(34(6,7)8)30(46)42-16-21-24(35(21,9)10)25(42)29(45)38-22(26(43)28(36)44)15-20-13-12-14-20/h20-25,27H,12-17H2,1-11H3,(H2,36,44)(H,38,45)(H2,39,40,47)/t21-,22?,23+,24-,25-,27+/m0/s1. The topological polar surface area (TPSA) is 201 Å². The zero-order valence-corrected chi connectivity index (χ0v) is 33.5. The van der Waals surface area contributed by atoms with E-state index in [1.165, 1.54) is 16.3 Å². The van der Waals surface area contributed by atoms with Crippen molar-refractivity contribution in [3.63, 3.8) is 0 Å². The van der Waals surface area contributed by atoms with Gasteiger partial charge in [0.2, 0.25) is 17.6 Å². The predicted octanol–water partition coefficient (Wildman–Crippen LogP) is 2.72. The summed E-state index contributed by atoms with van der Waals surface area (Å²) in [4.78, 5) is 72.6. The number of carbonyl (C=O) groups is 5. The van der Waals surface area contributed by atoms with Gasteiger partial charge in [0.15, 0.2) is 4.21 Å². The first-order valence-electron chi connectivity index (χ1n) is 17.7. The Balaban J connectivity index is 1.53. The maximum absolute atomic E-state index is 14.4. The Morgan fingerprint density at radius 2 is 1.63 bits per heavy atom. The van der Waals surface area contributed by atoms with Crippen LogP contribution < -0.4 is 21.7 Å². The van der Waals surface area contributed by atoms with E-state index in [9.17, 15) is 32.4 Å². The summed E-state index contributed by atoms with van der Waals surface area (Å²) in [5.41, 5.74) is 4.17. The largest absolute Gasteiger partial charge is 0.363 e. The molecule has 0 radical (unpaired) electrons. The fourth-order valence-electron chi connectivity index (χ4n) is 7.47. The van der Waals surface area contributed by atoms with Crippen LogP contribution in [-0.2, 0) is 29.2 Å². The van der Waals surface area contributed by atoms with Gasteiger partial charge in [-0.2, -0.15) is 4.31 Å². The van der Waals surface area contributed by atoms with Gasteiger partial charge < -0.3 is 26.6 Å². The highest BCUT2D eigenvalue weighted by atomic mass is 32.2. The number of amides is 5. The minimum Gasteiger partial charge on any atom is -0.363 e. The van der Waals surface area contributed by atoms with Gasteiger partial charge in [0, 0.05) is 26.2 Å². The molecule has 6 atom stereocenters. The Morgan fingerprint density at radius 3 is 2.10 bits per heavy atom. The Bertz CT molecular complexity index is 1660. The lowest BCUT2D eigenvalue weighted by atomic mass is 9.80. The number of carbonyl (C=O) groups excluding carboxylic acids is 5. The second-order valence-corrected chi connectivity index (χ2v) is 20.9. The summed E-state index contributed by atoms with van der Waals surface area (Å²) in [6.07, 6.45) is 3.14. The maximum atomic E-state index is 14.4. The minimum absolute atomic E-state index is 0.0391. The number of sulfonamides is 1. The highest BCUT2D eigenvalue weighted by Gasteiger charge is 2.70. The molecule has 286 valence electrons. The summed E-state index contributed by atoms with van der Waals surface area (Å²) < 4.78 is 28.3. The number of nitrogens with one attached hydrogen (secondary N) is 3. The SMILES string of the molecule is Cc1nc(C)c(S(=O)(=O)N(C)C[C@@H](NC(=O)N[C@H](C(=O)N2C[C@H]3[C@@H]([C@H]2C(=O)NC(CC2CCC2)C(=O)C(N)=O)C3(C)C)C(C)(C)C)C(C)(C)C)s1. The van der Waals surface area contributed by atoms with Crippen LogP contribution in [0.15, 0.2) is 4.21 Å². The summed E-state index contributed by atoms with van der Waals surface area (Å²) in [6.45, 7) is 18.8. The number of hydrogen-bond donors (Lipinski definition) is 4. The van der Waals surface area contributed by atoms with Crippen molar-refractivity contribution < 1.29 is 32.4 Å². The Hall–Kier alpha value is -3.11. The molecule has 2 heterocycles. The molecule has 0 bridgehead atoms. The first kappa shape index (κ1) is 40.7. The number of likely N-dealkylation sites (N-methyl/N-ethyl adjacent to an activating group) is 1. The third kappa shape index (κ3) is 8.59. The number of nitrogens with two attached hydrogens (primary N) is 1. The highest BCUT2D eigenvalue weighted by Crippen LogP contribution is 2.65. The number of fused-ring (bicyclic) bond motifs is 1. The number of hydrogen-bond acceptors (Lipinski definition) is 9. The van der Waals surface area contributed by atoms with Crippen LogP contribution >= 0.6 is 11.3 Å². The second kappa shape index (κ2) is 14.4. The number of Topliss-reactive ketones (excluding diaryl/α,β-unsaturated/α-hetero) is 1. The lowest BCUT2D eigenvalue weighted by Crippen LogP contribution is -2.62. The summed E-state index contributed by atoms with van der Waals surface area (Å²) >= 11 is 1.09. The molecular weight excluding hydrogens is 695 g/mol. The predicted molar refractivity (Wildman–Crippen MR) is 194 cm³/mol. The molecule has 5 N–H and O–H groups in total. The van der Waals surface area contributed by atoms with Crippen LogP contribution in [0.1, 0.15) is 91.8 Å². The second-order valence-electron chi connectivity index (χ2n) is 17.4. The van der Waals surface area contributed by atoms with Gasteiger partial charge in [-0.3, -0.25) is 19.2 Å². The monoisotopic (exact) mass is 751 g/mol. The number of likely N-dealkylation sites (tertiary alicyclic amines) is 1. The van der Waals surface area contributed by atoms with E-state index in [0.717, 1.165) is 30.6 Å². The Morgan fingerprint density at radius 1 is 1.02 bits per heavy atom. The minimum atomic E-state index is -3.89. The molecule has 2 saturated carbocycles. The lowest BCUT2D eigenvalue weighted by molar-refractivity contribution is -0.145. The third-order valence-corrected chi connectivity index (χ3v) is 14.6. The summed E-state index contributed by atoms with van der Waals surface area (Å²) in [5, 5.41) is 9.20. The smallest absolute Gasteiger partial charge is 0.315 e. The average molecular weight is 752 g/mol. The molecule has 3 aliphatic rings. The first-order chi connectivity index (χ1) is 23.3. The van der Waals surface area contributed by atoms with Crippen LogP contribution in [0.5, 0.6) is 0 Å². The van der Waals surface area contributed by atoms with Gasteiger partial charge in [-0.15, -0.1) is 11.3 Å². The normalized spacial score (nSPS) is 23.5. The number of nitrogens with zero attached hydrogens (tertiary/aromatic N) is 3. The van der Waals surface area contributed by atoms with Crippen molar-refractivity contribution in [3.05, 3.63) is 10.7 Å². The molecule has 1 aliphatic heterocycles. The highest BCUT2D eigenvalue weighted by molar-refractivity contribution is 7.91. The molecule has 0 aromatic carbocycles. The Labute approximate surface area is 306 Å². The van der Waals surface area contributed by atoms with Gasteiger partial charge >= 0.3 is 6.03 Å². The van der Waals surface area contributed by atoms with Crippen molar-refractivity contribution in [3.8, 4) is 0 Å². The van der Waals surface area contributed by atoms with Crippen molar-refractivity contribution in [1.29, 1.82) is 0 Å². The van der Waals surface area contributed by atoms with E-state index in [4.69, 9.17) is 5.73 Å². The number of aromatic nitrogens is 1. The Kier molecular flexibility index (Phi) is 11.5. The van der Waals surface area contributed by atoms with Crippen LogP contribution in [0.4, 0.5) is 4.79 Å². The average Bonchev–Trinajstić information content (AvgIpc) is 3.28. The molecular formula is C35H57N7O7S2. The number of aryl methyl sites for hydroxylation is 2. The van der Waals surface area contributed by atoms with Gasteiger partial charge in [0.05, 0.1) is 16.7 Å². The molecule has 5 amide bonds. The van der Waals surface area contributed by atoms with Crippen LogP contribution in [0.25, 0.3) is 0 Å². The fourth-order valence-corrected chi connectivity index (χ4v) is 10.3. The maximum Gasteiger partial charge on any atom is 0.315 e. The van der Waals surface area contributed by atoms with E-state index in [1.54, 1.807) is 13.8 Å². The molecule has 1 saturated heterocycles. The zero-order chi connectivity index (χ0) is 38.6. The van der Waals surface area contributed by atoms with E-state index in [2.05, 4.69) is 20.9 Å². The van der Waals surface area contributed by atoms with Crippen LogP contribution in [0.3, 0.4) is 0 Å². The fraction of sp³-hybridized carbons (Fsp3) is 0.771. The van der Waals surface area contributed by atoms with Crippen molar-refractivity contribution in [2.75, 3.05) is 20.1 Å². The van der Waals surface area contributed by atoms with Gasteiger partial charge in [-0.25, -0.2) is 18.2 Å². The summed E-state index contributed by atoms with van der Waals surface area (Å²) in [6, 6.07) is -4.34. The van der Waals surface area contributed by atoms with Crippen molar-refractivity contribution in [2.45, 2.75) is 123 Å². The van der Waals surface area contributed by atoms with E-state index in [1.807, 2.05) is 55.4 Å². The first-order valence-corrected chi connectivity index (χ1v) is 20.0. The molecule has 51 heavy (non-hydrogen) atoms. The number of piperidine rings is 1. The van der Waals surface area contributed by atoms with E-state index in [-0.39, 0.29) is 33.9 Å². The number of urea groups is 1. The van der Waals surface area contributed by atoms with Gasteiger partial charge in [-0.1, -0.05) is 74.7 Å². The molecule has 3 fully saturated rings. The third-order valence-electron chi connectivity index (χ3n) is 11.1. The molecule has 14 nitrogen and oxygen atoms in total. The van der Waals surface area contributed by atoms with Gasteiger partial charge in [-0.05, 0) is 54.3 Å². The number of ketones is 1. The number of primary amides is 1. The van der Waals surface area contributed by atoms with Crippen LogP contribution in [0, 0.1) is 47.8 Å². The zero-order valence-electron chi connectivity index (χ0n) is 31.9. The summed E-state index contributed by atoms with van der Waals surface area (Å²) in [7, 11) is -2.43. The number of rotatable bonds is 13. The lowest BCUT2D eigenvalue weighted by Gasteiger charge is -2.39. The van der Waals surface area contributed by atoms with Crippen molar-refractivity contribution in [2.24, 2.45) is 39.7 Å². The van der Waals surface area contributed by atoms with E-state index < -0.39 is 74.6 Å². The van der Waals surface area contributed by atoms with E-state index >= 15 is 0 Å². The van der Waals surface area contributed by atoms with Gasteiger partial charge in [0.1, 0.15) is 12.1 Å². The molecule has 1 unspecified atom stereocenters. The van der Waals surface area contributed by atoms with Crippen molar-refractivity contribution >= 4 is 50.9 Å². The van der Waals surface area contributed by atoms with Crippen LogP contribution in [-0.4, -0.2) is 96.4 Å². The van der Waals surface area contributed by atoms with Gasteiger partial charge in [0.25, 0.3) is 15.9 Å². The summed E-state index contributed by atoms with van der Waals surface area (Å²) in [5.74, 6) is -2.85. The molecule has 1 aromatic rings. The molecule has 16 heteroatoms. The molecule has 2 aliphatic carbocycles. The van der Waals surface area contributed by atoms with E-state index in [0.29, 0.717) is 23.7 Å². The molecule has 1 aromatic heterocycles. The molecule has 4 rings (SSSR count). The van der Waals surface area contributed by atoms with Crippen molar-refractivity contribution in [1.82, 2.24) is 30.1 Å². The van der Waals surface area contributed by atoms with Crippen LogP contribution in [0.2, 0.25) is 0 Å². The number of thiazole rings is 1. The quantitative estimate of drug-likeness (QED) is 0.221. The molecule has 0 spiro atoms.